The number of carbonyl (C=O) groups is 2. The quantitative estimate of drug-likeness (QED) is 0.274. The maximum Gasteiger partial charge on any atom is 0.405 e. The number of para-hydroxylation sites is 1. The summed E-state index contributed by atoms with van der Waals surface area (Å²) in [4.78, 5) is 41.8. The third-order valence-electron chi connectivity index (χ3n) is 5.08. The van der Waals surface area contributed by atoms with Crippen LogP contribution in [0.25, 0.3) is 16.6 Å². The summed E-state index contributed by atoms with van der Waals surface area (Å²) in [7, 11) is 0. The predicted molar refractivity (Wildman–Crippen MR) is 136 cm³/mol. The lowest BCUT2D eigenvalue weighted by atomic mass is 10.2. The summed E-state index contributed by atoms with van der Waals surface area (Å²) in [6.07, 6.45) is -1.27. The number of carbonyl (C=O) groups excluding carboxylic acids is 1. The zero-order valence-electron chi connectivity index (χ0n) is 18.3. The molecule has 1 aromatic heterocycles. The van der Waals surface area contributed by atoms with Crippen LogP contribution in [0, 0.1) is 0 Å². The van der Waals surface area contributed by atoms with E-state index in [-0.39, 0.29) is 16.2 Å². The van der Waals surface area contributed by atoms with E-state index in [1.165, 1.54) is 4.57 Å². The van der Waals surface area contributed by atoms with E-state index in [0.717, 1.165) is 0 Å². The minimum Gasteiger partial charge on any atom is -0.465 e. The van der Waals surface area contributed by atoms with Gasteiger partial charge in [0.25, 0.3) is 5.56 Å². The molecule has 9 nitrogen and oxygen atoms in total. The van der Waals surface area contributed by atoms with Crippen LogP contribution in [0.5, 0.6) is 0 Å². The Labute approximate surface area is 209 Å². The fraction of sp³-hybridized carbons (Fsp3) is 0.0833. The van der Waals surface area contributed by atoms with E-state index in [1.54, 1.807) is 73.7 Å². The molecule has 1 heterocycles. The minimum atomic E-state index is -1.27. The van der Waals surface area contributed by atoms with Gasteiger partial charge >= 0.3 is 12.1 Å². The van der Waals surface area contributed by atoms with Gasteiger partial charge in [-0.1, -0.05) is 47.5 Å². The van der Waals surface area contributed by atoms with Crippen molar-refractivity contribution in [1.82, 2.24) is 14.9 Å². The second-order valence-corrected chi connectivity index (χ2v) is 8.34. The Bertz CT molecular complexity index is 1510. The fourth-order valence-electron chi connectivity index (χ4n) is 3.57. The van der Waals surface area contributed by atoms with Crippen molar-refractivity contribution in [2.24, 2.45) is 0 Å². The summed E-state index contributed by atoms with van der Waals surface area (Å²) in [5.41, 5.74) is 1.02. The van der Waals surface area contributed by atoms with Gasteiger partial charge in [0.05, 0.1) is 38.4 Å². The molecule has 11 heteroatoms. The molecule has 178 valence electrons. The van der Waals surface area contributed by atoms with Gasteiger partial charge < -0.3 is 21.1 Å². The van der Waals surface area contributed by atoms with E-state index < -0.39 is 23.7 Å². The lowest BCUT2D eigenvalue weighted by molar-refractivity contribution is 0.190. The fourth-order valence-corrected chi connectivity index (χ4v) is 4.00. The van der Waals surface area contributed by atoms with Gasteiger partial charge in [-0.25, -0.2) is 14.6 Å². The number of halogens is 2. The van der Waals surface area contributed by atoms with Gasteiger partial charge in [0.15, 0.2) is 0 Å². The number of hydrogen-bond acceptors (Lipinski definition) is 4. The molecule has 0 radical (unpaired) electrons. The Morgan fingerprint density at radius 3 is 2.43 bits per heavy atom. The van der Waals surface area contributed by atoms with Gasteiger partial charge in [-0.15, -0.1) is 0 Å². The highest BCUT2D eigenvalue weighted by Gasteiger charge is 2.21. The first-order valence-electron chi connectivity index (χ1n) is 10.4. The molecule has 4 N–H and O–H groups in total. The van der Waals surface area contributed by atoms with E-state index in [0.29, 0.717) is 27.6 Å². The van der Waals surface area contributed by atoms with Crippen LogP contribution in [0.2, 0.25) is 10.0 Å². The zero-order valence-corrected chi connectivity index (χ0v) is 19.8. The van der Waals surface area contributed by atoms with Gasteiger partial charge in [-0.3, -0.25) is 9.36 Å². The Morgan fingerprint density at radius 2 is 1.69 bits per heavy atom. The van der Waals surface area contributed by atoms with Gasteiger partial charge in [0.1, 0.15) is 5.82 Å². The molecule has 1 unspecified atom stereocenters. The molecule has 4 aromatic rings. The van der Waals surface area contributed by atoms with Crippen LogP contribution in [-0.2, 0) is 0 Å². The van der Waals surface area contributed by atoms with E-state index in [4.69, 9.17) is 23.2 Å². The van der Waals surface area contributed by atoms with Gasteiger partial charge in [-0.2, -0.15) is 0 Å². The summed E-state index contributed by atoms with van der Waals surface area (Å²) in [5, 5.41) is 17.7. The molecule has 0 saturated heterocycles. The summed E-state index contributed by atoms with van der Waals surface area (Å²) < 4.78 is 1.27. The highest BCUT2D eigenvalue weighted by Crippen LogP contribution is 2.24. The van der Waals surface area contributed by atoms with E-state index in [2.05, 4.69) is 20.9 Å². The molecule has 3 amide bonds. The minimum absolute atomic E-state index is 0.157. The first kappa shape index (κ1) is 24.1. The van der Waals surface area contributed by atoms with Crippen LogP contribution in [-0.4, -0.2) is 26.8 Å². The lowest BCUT2D eigenvalue weighted by Gasteiger charge is -2.19. The zero-order chi connectivity index (χ0) is 25.1. The standard InChI is InChI=1S/C24H19Cl2N5O4/c1-13(27-24(34)35)21-29-19-11-5-9-17(26)20(19)22(32)31(21)15-7-4-6-14(12-15)28-23(33)30-18-10-3-2-8-16(18)25/h2-13,27H,1H3,(H,34,35)(H2,28,30,33). The van der Waals surface area contributed by atoms with Crippen molar-refractivity contribution in [2.75, 3.05) is 10.6 Å². The summed E-state index contributed by atoms with van der Waals surface area (Å²) in [6.45, 7) is 1.57. The first-order valence-corrected chi connectivity index (χ1v) is 11.1. The third-order valence-corrected chi connectivity index (χ3v) is 5.73. The molecule has 0 aliphatic rings. The van der Waals surface area contributed by atoms with Crippen molar-refractivity contribution in [1.29, 1.82) is 0 Å². The molecule has 0 bridgehead atoms. The Kier molecular flexibility index (Phi) is 6.90. The molecular weight excluding hydrogens is 493 g/mol. The Hall–Kier alpha value is -4.08. The topological polar surface area (TPSA) is 125 Å². The summed E-state index contributed by atoms with van der Waals surface area (Å²) >= 11 is 12.4. The molecule has 1 atom stereocenters. The van der Waals surface area contributed by atoms with E-state index in [1.807, 2.05) is 0 Å². The molecule has 3 aromatic carbocycles. The van der Waals surface area contributed by atoms with Crippen LogP contribution in [0.4, 0.5) is 21.0 Å². The number of nitrogens with zero attached hydrogens (tertiary/aromatic N) is 2. The smallest absolute Gasteiger partial charge is 0.405 e. The number of benzene rings is 3. The number of carboxylic acid groups (broad SMARTS) is 1. The van der Waals surface area contributed by atoms with Crippen molar-refractivity contribution >= 4 is 57.6 Å². The van der Waals surface area contributed by atoms with Gasteiger partial charge in [0, 0.05) is 5.69 Å². The second kappa shape index (κ2) is 10.0. The predicted octanol–water partition coefficient (Wildman–Crippen LogP) is 5.67. The van der Waals surface area contributed by atoms with Crippen LogP contribution in [0.3, 0.4) is 0 Å². The molecular formula is C24H19Cl2N5O4. The van der Waals surface area contributed by atoms with Crippen LogP contribution in [0.1, 0.15) is 18.8 Å². The summed E-state index contributed by atoms with van der Waals surface area (Å²) in [5.74, 6) is 0.157. The number of amides is 3. The maximum atomic E-state index is 13.5. The van der Waals surface area contributed by atoms with Gasteiger partial charge in [-0.05, 0) is 49.4 Å². The first-order chi connectivity index (χ1) is 16.7. The van der Waals surface area contributed by atoms with Crippen LogP contribution < -0.4 is 21.5 Å². The van der Waals surface area contributed by atoms with E-state index in [9.17, 15) is 19.5 Å². The van der Waals surface area contributed by atoms with Crippen molar-refractivity contribution in [3.8, 4) is 5.69 Å². The normalized spacial score (nSPS) is 11.6. The number of fused-ring (bicyclic) bond motifs is 1. The van der Waals surface area contributed by atoms with Crippen molar-refractivity contribution in [3.05, 3.63) is 93.0 Å². The number of rotatable bonds is 5. The summed E-state index contributed by atoms with van der Waals surface area (Å²) in [6, 6.07) is 16.8. The van der Waals surface area contributed by atoms with Crippen molar-refractivity contribution in [3.63, 3.8) is 0 Å². The SMILES string of the molecule is CC(NC(=O)O)c1nc2cccc(Cl)c2c(=O)n1-c1cccc(NC(=O)Nc2ccccc2Cl)c1. The number of urea groups is 1. The monoisotopic (exact) mass is 511 g/mol. The van der Waals surface area contributed by atoms with Gasteiger partial charge in [0.2, 0.25) is 0 Å². The maximum absolute atomic E-state index is 13.5. The van der Waals surface area contributed by atoms with Crippen molar-refractivity contribution < 1.29 is 14.7 Å². The van der Waals surface area contributed by atoms with Crippen molar-refractivity contribution in [2.45, 2.75) is 13.0 Å². The Balaban J connectivity index is 1.76. The van der Waals surface area contributed by atoms with Crippen LogP contribution in [0.15, 0.2) is 71.5 Å². The molecule has 0 aliphatic carbocycles. The molecule has 0 fully saturated rings. The van der Waals surface area contributed by atoms with Crippen LogP contribution >= 0.6 is 23.2 Å². The Morgan fingerprint density at radius 1 is 0.971 bits per heavy atom. The molecule has 35 heavy (non-hydrogen) atoms. The van der Waals surface area contributed by atoms with E-state index >= 15 is 0 Å². The average molecular weight is 512 g/mol. The average Bonchev–Trinajstić information content (AvgIpc) is 2.80. The molecule has 0 spiro atoms. The number of aromatic nitrogens is 2. The lowest BCUT2D eigenvalue weighted by Crippen LogP contribution is -2.32. The molecule has 0 aliphatic heterocycles. The number of anilines is 2. The molecule has 4 rings (SSSR count). The highest BCUT2D eigenvalue weighted by molar-refractivity contribution is 6.35. The molecule has 0 saturated carbocycles. The second-order valence-electron chi connectivity index (χ2n) is 7.53. The number of nitrogens with one attached hydrogen (secondary N) is 3. The largest absolute Gasteiger partial charge is 0.465 e. The number of hydrogen-bond donors (Lipinski definition) is 4. The highest BCUT2D eigenvalue weighted by atomic mass is 35.5. The third kappa shape index (κ3) is 5.21.